The Kier molecular flexibility index (Phi) is 6.60. The van der Waals surface area contributed by atoms with Crippen LogP contribution < -0.4 is 0 Å². The second-order valence-corrected chi connectivity index (χ2v) is 8.06. The molecule has 2 heterocycles. The number of aromatic amines is 1. The van der Waals surface area contributed by atoms with E-state index >= 15 is 0 Å². The summed E-state index contributed by atoms with van der Waals surface area (Å²) in [7, 11) is 0. The molecule has 156 valence electrons. The highest BCUT2D eigenvalue weighted by molar-refractivity contribution is 5.80. The van der Waals surface area contributed by atoms with Crippen molar-refractivity contribution in [2.75, 3.05) is 26.2 Å². The summed E-state index contributed by atoms with van der Waals surface area (Å²) in [5.41, 5.74) is 4.75. The van der Waals surface area contributed by atoms with Gasteiger partial charge < -0.3 is 9.88 Å². The maximum Gasteiger partial charge on any atom is 0.227 e. The lowest BCUT2D eigenvalue weighted by atomic mass is 9.91. The molecule has 5 nitrogen and oxygen atoms in total. The quantitative estimate of drug-likeness (QED) is 0.650. The Hall–Kier alpha value is -2.92. The number of nitrogens with one attached hydrogen (secondary N) is 1. The lowest BCUT2D eigenvalue weighted by molar-refractivity contribution is -0.134. The Labute approximate surface area is 178 Å². The van der Waals surface area contributed by atoms with Crippen LogP contribution in [-0.4, -0.2) is 51.9 Å². The van der Waals surface area contributed by atoms with Crippen molar-refractivity contribution in [2.45, 2.75) is 26.3 Å². The van der Waals surface area contributed by atoms with Gasteiger partial charge in [0, 0.05) is 44.6 Å². The van der Waals surface area contributed by atoms with E-state index in [4.69, 9.17) is 0 Å². The number of nitrogens with zero attached hydrogens (tertiary/aromatic N) is 3. The molecule has 0 radical (unpaired) electrons. The largest absolute Gasteiger partial charge is 0.347 e. The highest BCUT2D eigenvalue weighted by Crippen LogP contribution is 2.27. The maximum atomic E-state index is 13.4. The molecule has 1 saturated heterocycles. The van der Waals surface area contributed by atoms with Crippen LogP contribution in [0.3, 0.4) is 0 Å². The third kappa shape index (κ3) is 4.79. The van der Waals surface area contributed by atoms with E-state index in [2.05, 4.69) is 75.2 Å². The predicted molar refractivity (Wildman–Crippen MR) is 120 cm³/mol. The second kappa shape index (κ2) is 9.72. The van der Waals surface area contributed by atoms with Crippen LogP contribution >= 0.6 is 0 Å². The molecule has 4 rings (SSSR count). The highest BCUT2D eigenvalue weighted by atomic mass is 16.2. The maximum absolute atomic E-state index is 13.4. The third-order valence-corrected chi connectivity index (χ3v) is 5.84. The highest BCUT2D eigenvalue weighted by Gasteiger charge is 2.30. The third-order valence-electron chi connectivity index (χ3n) is 5.84. The minimum absolute atomic E-state index is 0.0492. The molecule has 1 atom stereocenters. The fourth-order valence-corrected chi connectivity index (χ4v) is 4.37. The Morgan fingerprint density at radius 1 is 1.07 bits per heavy atom. The Balaban J connectivity index is 1.59. The van der Waals surface area contributed by atoms with Gasteiger partial charge in [-0.25, -0.2) is 4.98 Å². The van der Waals surface area contributed by atoms with Gasteiger partial charge in [0.25, 0.3) is 0 Å². The van der Waals surface area contributed by atoms with E-state index in [1.165, 1.54) is 16.7 Å². The van der Waals surface area contributed by atoms with Crippen molar-refractivity contribution in [3.05, 3.63) is 78.4 Å². The Morgan fingerprint density at radius 2 is 1.87 bits per heavy atom. The molecule has 1 N–H and O–H groups in total. The minimum Gasteiger partial charge on any atom is -0.347 e. The van der Waals surface area contributed by atoms with Crippen LogP contribution in [0, 0.1) is 5.92 Å². The van der Waals surface area contributed by atoms with Gasteiger partial charge in [-0.2, -0.15) is 0 Å². The summed E-state index contributed by atoms with van der Waals surface area (Å²) >= 11 is 0. The van der Waals surface area contributed by atoms with Crippen molar-refractivity contribution in [3.63, 3.8) is 0 Å². The van der Waals surface area contributed by atoms with Crippen LogP contribution in [0.25, 0.3) is 11.1 Å². The van der Waals surface area contributed by atoms with Crippen LogP contribution in [0.2, 0.25) is 0 Å². The molecule has 1 fully saturated rings. The van der Waals surface area contributed by atoms with Crippen molar-refractivity contribution in [3.8, 4) is 11.1 Å². The minimum atomic E-state index is -0.0492. The van der Waals surface area contributed by atoms with E-state index in [9.17, 15) is 4.79 Å². The first-order valence-electron chi connectivity index (χ1n) is 10.9. The number of rotatable bonds is 7. The summed E-state index contributed by atoms with van der Waals surface area (Å²) in [6.07, 6.45) is 5.33. The number of H-pyrrole nitrogens is 1. The smallest absolute Gasteiger partial charge is 0.227 e. The monoisotopic (exact) mass is 402 g/mol. The summed E-state index contributed by atoms with van der Waals surface area (Å²) in [5, 5.41) is 0. The zero-order valence-corrected chi connectivity index (χ0v) is 17.6. The van der Waals surface area contributed by atoms with Crippen LogP contribution in [0.4, 0.5) is 0 Å². The first kappa shape index (κ1) is 20.4. The van der Waals surface area contributed by atoms with Gasteiger partial charge in [0.1, 0.15) is 0 Å². The molecule has 5 heteroatoms. The Morgan fingerprint density at radius 3 is 2.63 bits per heavy atom. The van der Waals surface area contributed by atoms with Crippen molar-refractivity contribution >= 4 is 5.91 Å². The number of imidazole rings is 1. The lowest BCUT2D eigenvalue weighted by Gasteiger charge is -2.24. The summed E-state index contributed by atoms with van der Waals surface area (Å²) in [4.78, 5) is 25.2. The number of hydrogen-bond donors (Lipinski definition) is 1. The van der Waals surface area contributed by atoms with Gasteiger partial charge in [0.05, 0.1) is 12.2 Å². The zero-order chi connectivity index (χ0) is 20.8. The topological polar surface area (TPSA) is 52.2 Å². The first-order chi connectivity index (χ1) is 14.7. The molecule has 0 bridgehead atoms. The summed E-state index contributed by atoms with van der Waals surface area (Å²) in [6.45, 7) is 6.21. The number of carbonyl (C=O) groups excluding carboxylic acids is 1. The summed E-state index contributed by atoms with van der Waals surface area (Å²) < 4.78 is 0. The number of aromatic nitrogens is 2. The molecule has 1 amide bonds. The van der Waals surface area contributed by atoms with Gasteiger partial charge in [-0.05, 0) is 29.5 Å². The first-order valence-corrected chi connectivity index (χ1v) is 10.9. The van der Waals surface area contributed by atoms with Gasteiger partial charge in [-0.3, -0.25) is 9.69 Å². The Bertz CT molecular complexity index is 939. The molecule has 30 heavy (non-hydrogen) atoms. The predicted octanol–water partition coefficient (Wildman–Crippen LogP) is 3.99. The van der Waals surface area contributed by atoms with Gasteiger partial charge in [0.2, 0.25) is 5.91 Å². The normalized spacial score (nSPS) is 17.8. The number of carbonyl (C=O) groups is 1. The molecule has 0 saturated carbocycles. The van der Waals surface area contributed by atoms with Gasteiger partial charge in [0.15, 0.2) is 0 Å². The van der Waals surface area contributed by atoms with Gasteiger partial charge in [-0.15, -0.1) is 0 Å². The number of hydrogen-bond acceptors (Lipinski definition) is 3. The average Bonchev–Trinajstić information content (AvgIpc) is 3.24. The van der Waals surface area contributed by atoms with Crippen molar-refractivity contribution in [2.24, 2.45) is 5.92 Å². The molecule has 0 aliphatic carbocycles. The fraction of sp³-hybridized carbons (Fsp3) is 0.360. The van der Waals surface area contributed by atoms with Crippen molar-refractivity contribution in [1.29, 1.82) is 0 Å². The van der Waals surface area contributed by atoms with E-state index < -0.39 is 0 Å². The molecule has 1 aromatic heterocycles. The lowest BCUT2D eigenvalue weighted by Crippen LogP contribution is -2.37. The van der Waals surface area contributed by atoms with E-state index in [-0.39, 0.29) is 11.8 Å². The standard InChI is InChI=1S/C25H30N4O/c1-2-12-29-14-13-28(18-23-16-26-19-27-23)17-22(25(29)30)15-21-10-6-7-11-24(21)20-8-4-3-5-9-20/h3-11,16,19,22H,2,12-15,17-18H2,1H3,(H,26,27)/t22-/m0/s1. The van der Waals surface area contributed by atoms with E-state index in [1.54, 1.807) is 6.33 Å². The van der Waals surface area contributed by atoms with E-state index in [0.717, 1.165) is 51.3 Å². The van der Waals surface area contributed by atoms with Gasteiger partial charge in [-0.1, -0.05) is 61.5 Å². The molecular weight excluding hydrogens is 372 g/mol. The van der Waals surface area contributed by atoms with Crippen LogP contribution in [-0.2, 0) is 17.8 Å². The number of amides is 1. The summed E-state index contributed by atoms with van der Waals surface area (Å²) in [5.74, 6) is 0.235. The SMILES string of the molecule is CCCN1CCN(Cc2cnc[nH]2)C[C@H](Cc2ccccc2-c2ccccc2)C1=O. The molecule has 3 aromatic rings. The van der Waals surface area contributed by atoms with Crippen molar-refractivity contribution < 1.29 is 4.79 Å². The van der Waals surface area contributed by atoms with Crippen LogP contribution in [0.1, 0.15) is 24.6 Å². The average molecular weight is 403 g/mol. The van der Waals surface area contributed by atoms with E-state index in [1.807, 2.05) is 12.3 Å². The second-order valence-electron chi connectivity index (χ2n) is 8.06. The number of benzene rings is 2. The summed E-state index contributed by atoms with van der Waals surface area (Å²) in [6, 6.07) is 18.9. The zero-order valence-electron chi connectivity index (χ0n) is 17.6. The fourth-order valence-electron chi connectivity index (χ4n) is 4.37. The van der Waals surface area contributed by atoms with Crippen LogP contribution in [0.5, 0.6) is 0 Å². The molecule has 0 spiro atoms. The van der Waals surface area contributed by atoms with Gasteiger partial charge >= 0.3 is 0 Å². The molecular formula is C25H30N4O. The molecule has 1 aliphatic heterocycles. The van der Waals surface area contributed by atoms with Crippen LogP contribution in [0.15, 0.2) is 67.1 Å². The van der Waals surface area contributed by atoms with E-state index in [0.29, 0.717) is 0 Å². The van der Waals surface area contributed by atoms with Crippen molar-refractivity contribution in [1.82, 2.24) is 19.8 Å². The molecule has 1 aliphatic rings. The molecule has 0 unspecified atom stereocenters. The molecule has 2 aromatic carbocycles.